The van der Waals surface area contributed by atoms with Crippen molar-refractivity contribution in [3.8, 4) is 0 Å². The van der Waals surface area contributed by atoms with Gasteiger partial charge in [0.05, 0.1) is 0 Å². The first-order valence-corrected chi connectivity index (χ1v) is 7.88. The summed E-state index contributed by atoms with van der Waals surface area (Å²) in [6, 6.07) is 13.9. The second kappa shape index (κ2) is 6.48. The molecule has 2 aromatic rings. The largest absolute Gasteiger partial charge is 0.304 e. The van der Waals surface area contributed by atoms with Crippen LogP contribution in [0.2, 0.25) is 10.0 Å². The minimum atomic E-state index is -0.135. The monoisotopic (exact) mass is 371 g/mol. The van der Waals surface area contributed by atoms with E-state index in [4.69, 9.17) is 23.2 Å². The van der Waals surface area contributed by atoms with Gasteiger partial charge in [-0.05, 0) is 49.2 Å². The number of hydrogen-bond acceptors (Lipinski definition) is 1. The van der Waals surface area contributed by atoms with Crippen LogP contribution in [-0.4, -0.2) is 0 Å². The van der Waals surface area contributed by atoms with Crippen LogP contribution in [0.15, 0.2) is 46.9 Å². The smallest absolute Gasteiger partial charge is 0.0465 e. The predicted molar refractivity (Wildman–Crippen MR) is 90.5 cm³/mol. The van der Waals surface area contributed by atoms with Crippen LogP contribution < -0.4 is 5.32 Å². The lowest BCUT2D eigenvalue weighted by molar-refractivity contribution is 0.401. The SMILES string of the molecule is CC(C)(NCc1ccc(Cl)cc1Cl)c1ccc(Br)cc1. The van der Waals surface area contributed by atoms with Crippen molar-refractivity contribution in [3.63, 3.8) is 0 Å². The molecule has 1 nitrogen and oxygen atoms in total. The van der Waals surface area contributed by atoms with Crippen molar-refractivity contribution in [2.24, 2.45) is 0 Å². The van der Waals surface area contributed by atoms with Gasteiger partial charge in [-0.1, -0.05) is 57.3 Å². The summed E-state index contributed by atoms with van der Waals surface area (Å²) in [5.41, 5.74) is 2.14. The molecule has 2 rings (SSSR count). The molecule has 0 aliphatic heterocycles. The van der Waals surface area contributed by atoms with Gasteiger partial charge in [-0.15, -0.1) is 0 Å². The molecule has 4 heteroatoms. The third-order valence-corrected chi connectivity index (χ3v) is 4.42. The van der Waals surface area contributed by atoms with Gasteiger partial charge in [0.15, 0.2) is 0 Å². The van der Waals surface area contributed by atoms with E-state index in [2.05, 4.69) is 47.2 Å². The van der Waals surface area contributed by atoms with Gasteiger partial charge >= 0.3 is 0 Å². The van der Waals surface area contributed by atoms with E-state index in [1.165, 1.54) is 5.56 Å². The molecule has 0 amide bonds. The Hall–Kier alpha value is -0.540. The molecule has 2 aromatic carbocycles. The molecule has 0 bridgehead atoms. The topological polar surface area (TPSA) is 12.0 Å². The van der Waals surface area contributed by atoms with E-state index < -0.39 is 0 Å². The van der Waals surface area contributed by atoms with Crippen LogP contribution >= 0.6 is 39.1 Å². The van der Waals surface area contributed by atoms with Crippen molar-refractivity contribution in [2.75, 3.05) is 0 Å². The molecule has 0 aliphatic carbocycles. The molecule has 0 aromatic heterocycles. The first-order chi connectivity index (χ1) is 9.38. The maximum absolute atomic E-state index is 6.19. The minimum Gasteiger partial charge on any atom is -0.304 e. The summed E-state index contributed by atoms with van der Waals surface area (Å²) in [6.45, 7) is 5.00. The fraction of sp³-hybridized carbons (Fsp3) is 0.250. The van der Waals surface area contributed by atoms with Crippen LogP contribution in [0.25, 0.3) is 0 Å². The lowest BCUT2D eigenvalue weighted by Crippen LogP contribution is -2.35. The molecule has 0 saturated carbocycles. The molecule has 0 aliphatic rings. The van der Waals surface area contributed by atoms with Crippen LogP contribution in [-0.2, 0) is 12.1 Å². The van der Waals surface area contributed by atoms with E-state index in [-0.39, 0.29) is 5.54 Å². The van der Waals surface area contributed by atoms with Gasteiger partial charge in [-0.25, -0.2) is 0 Å². The van der Waals surface area contributed by atoms with Crippen LogP contribution in [0.1, 0.15) is 25.0 Å². The second-order valence-electron chi connectivity index (χ2n) is 5.22. The van der Waals surface area contributed by atoms with Gasteiger partial charge in [-0.2, -0.15) is 0 Å². The van der Waals surface area contributed by atoms with E-state index >= 15 is 0 Å². The highest BCUT2D eigenvalue weighted by Crippen LogP contribution is 2.25. The quantitative estimate of drug-likeness (QED) is 0.717. The highest BCUT2D eigenvalue weighted by Gasteiger charge is 2.19. The van der Waals surface area contributed by atoms with Crippen LogP contribution in [0.3, 0.4) is 0 Å². The first-order valence-electron chi connectivity index (χ1n) is 6.33. The van der Waals surface area contributed by atoms with Crippen molar-refractivity contribution < 1.29 is 0 Å². The van der Waals surface area contributed by atoms with Gasteiger partial charge < -0.3 is 5.32 Å². The Kier molecular flexibility index (Phi) is 5.14. The van der Waals surface area contributed by atoms with Gasteiger partial charge in [-0.3, -0.25) is 0 Å². The summed E-state index contributed by atoms with van der Waals surface area (Å²) in [6.07, 6.45) is 0. The Balaban J connectivity index is 2.10. The Labute approximate surface area is 138 Å². The third-order valence-electron chi connectivity index (χ3n) is 3.30. The fourth-order valence-electron chi connectivity index (χ4n) is 1.95. The summed E-state index contributed by atoms with van der Waals surface area (Å²) in [7, 11) is 0. The molecule has 0 heterocycles. The van der Waals surface area contributed by atoms with Crippen molar-refractivity contribution in [1.29, 1.82) is 0 Å². The predicted octanol–water partition coefficient (Wildman–Crippen LogP) is 5.78. The molecular formula is C16H16BrCl2N. The van der Waals surface area contributed by atoms with Crippen molar-refractivity contribution in [1.82, 2.24) is 5.32 Å². The molecule has 0 fully saturated rings. The van der Waals surface area contributed by atoms with Crippen molar-refractivity contribution in [2.45, 2.75) is 25.9 Å². The number of hydrogen-bond donors (Lipinski definition) is 1. The van der Waals surface area contributed by atoms with Gasteiger partial charge in [0.2, 0.25) is 0 Å². The molecule has 0 radical (unpaired) electrons. The maximum Gasteiger partial charge on any atom is 0.0465 e. The molecule has 0 saturated heterocycles. The Morgan fingerprint density at radius 2 is 1.70 bits per heavy atom. The van der Waals surface area contributed by atoms with E-state index in [9.17, 15) is 0 Å². The highest BCUT2D eigenvalue weighted by atomic mass is 79.9. The van der Waals surface area contributed by atoms with E-state index in [0.717, 1.165) is 10.0 Å². The van der Waals surface area contributed by atoms with Gasteiger partial charge in [0.25, 0.3) is 0 Å². The summed E-state index contributed by atoms with van der Waals surface area (Å²) in [5, 5.41) is 4.88. The molecule has 20 heavy (non-hydrogen) atoms. The van der Waals surface area contributed by atoms with Gasteiger partial charge in [0.1, 0.15) is 0 Å². The number of halogens is 3. The molecule has 0 unspecified atom stereocenters. The van der Waals surface area contributed by atoms with Crippen molar-refractivity contribution >= 4 is 39.1 Å². The van der Waals surface area contributed by atoms with E-state index in [1.807, 2.05) is 24.3 Å². The Morgan fingerprint density at radius 3 is 2.30 bits per heavy atom. The van der Waals surface area contributed by atoms with E-state index in [1.54, 1.807) is 6.07 Å². The Bertz CT molecular complexity index is 594. The number of nitrogens with one attached hydrogen (secondary N) is 1. The number of rotatable bonds is 4. The molecule has 0 spiro atoms. The standard InChI is InChI=1S/C16H16BrCl2N/c1-16(2,12-4-6-13(17)7-5-12)20-10-11-3-8-14(18)9-15(11)19/h3-9,20H,10H2,1-2H3. The molecular weight excluding hydrogens is 357 g/mol. The second-order valence-corrected chi connectivity index (χ2v) is 6.98. The summed E-state index contributed by atoms with van der Waals surface area (Å²) < 4.78 is 1.08. The number of benzene rings is 2. The summed E-state index contributed by atoms with van der Waals surface area (Å²) >= 11 is 15.6. The summed E-state index contributed by atoms with van der Waals surface area (Å²) in [5.74, 6) is 0. The lowest BCUT2D eigenvalue weighted by Gasteiger charge is -2.27. The highest BCUT2D eigenvalue weighted by molar-refractivity contribution is 9.10. The van der Waals surface area contributed by atoms with Crippen LogP contribution in [0.4, 0.5) is 0 Å². The van der Waals surface area contributed by atoms with E-state index in [0.29, 0.717) is 16.6 Å². The molecule has 1 N–H and O–H groups in total. The normalized spacial score (nSPS) is 11.7. The Morgan fingerprint density at radius 1 is 1.05 bits per heavy atom. The maximum atomic E-state index is 6.19. The zero-order valence-electron chi connectivity index (χ0n) is 11.4. The molecule has 106 valence electrons. The summed E-state index contributed by atoms with van der Waals surface area (Å²) in [4.78, 5) is 0. The van der Waals surface area contributed by atoms with Crippen LogP contribution in [0.5, 0.6) is 0 Å². The van der Waals surface area contributed by atoms with Gasteiger partial charge in [0, 0.05) is 26.6 Å². The average molecular weight is 373 g/mol. The average Bonchev–Trinajstić information content (AvgIpc) is 2.38. The zero-order valence-corrected chi connectivity index (χ0v) is 14.5. The zero-order chi connectivity index (χ0) is 14.8. The lowest BCUT2D eigenvalue weighted by atomic mass is 9.94. The third kappa shape index (κ3) is 3.98. The molecule has 0 atom stereocenters. The van der Waals surface area contributed by atoms with Crippen molar-refractivity contribution in [3.05, 3.63) is 68.1 Å². The first kappa shape index (κ1) is 15.8. The minimum absolute atomic E-state index is 0.135. The fourth-order valence-corrected chi connectivity index (χ4v) is 2.69. The van der Waals surface area contributed by atoms with Crippen LogP contribution in [0, 0.1) is 0 Å².